The van der Waals surface area contributed by atoms with Crippen LogP contribution in [0.2, 0.25) is 0 Å². The fraction of sp³-hybridized carbons (Fsp3) is 0.391. The molecule has 0 saturated heterocycles. The Labute approximate surface area is 171 Å². The lowest BCUT2D eigenvalue weighted by Gasteiger charge is -2.35. The molecule has 2 aromatic rings. The largest absolute Gasteiger partial charge is 0.495 e. The normalized spacial score (nSPS) is 18.0. The molecule has 6 nitrogen and oxygen atoms in total. The SMILES string of the molecule is COc1ccc(C)c2c1N(C(=O)CCN1C(=O)C(C)Oc3ccccc31)CCC2. The number of para-hydroxylation sites is 2. The van der Waals surface area contributed by atoms with Crippen LogP contribution in [0.5, 0.6) is 11.5 Å². The monoisotopic (exact) mass is 394 g/mol. The number of hydrogen-bond donors (Lipinski definition) is 0. The molecule has 2 amide bonds. The Morgan fingerprint density at radius 1 is 1.24 bits per heavy atom. The number of anilines is 2. The van der Waals surface area contributed by atoms with E-state index in [0.29, 0.717) is 18.8 Å². The Hall–Kier alpha value is -3.02. The Kier molecular flexibility index (Phi) is 5.18. The summed E-state index contributed by atoms with van der Waals surface area (Å²) in [5.41, 5.74) is 3.94. The molecule has 29 heavy (non-hydrogen) atoms. The highest BCUT2D eigenvalue weighted by molar-refractivity contribution is 6.01. The molecule has 4 rings (SSSR count). The maximum Gasteiger partial charge on any atom is 0.267 e. The fourth-order valence-electron chi connectivity index (χ4n) is 4.20. The van der Waals surface area contributed by atoms with Crippen LogP contribution in [-0.2, 0) is 16.0 Å². The van der Waals surface area contributed by atoms with Crippen molar-refractivity contribution < 1.29 is 19.1 Å². The average Bonchev–Trinajstić information content (AvgIpc) is 2.74. The predicted molar refractivity (Wildman–Crippen MR) is 112 cm³/mol. The average molecular weight is 394 g/mol. The number of carbonyl (C=O) groups excluding carboxylic acids is 2. The molecule has 0 spiro atoms. The van der Waals surface area contributed by atoms with Crippen LogP contribution in [0.4, 0.5) is 11.4 Å². The van der Waals surface area contributed by atoms with Crippen molar-refractivity contribution in [1.29, 1.82) is 0 Å². The molecule has 1 atom stereocenters. The van der Waals surface area contributed by atoms with Gasteiger partial charge in [-0.15, -0.1) is 0 Å². The first-order valence-electron chi connectivity index (χ1n) is 10.0. The van der Waals surface area contributed by atoms with Crippen LogP contribution in [0.1, 0.15) is 30.9 Å². The third-order valence-electron chi connectivity index (χ3n) is 5.70. The second kappa shape index (κ2) is 7.78. The van der Waals surface area contributed by atoms with Gasteiger partial charge < -0.3 is 19.3 Å². The minimum Gasteiger partial charge on any atom is -0.495 e. The van der Waals surface area contributed by atoms with E-state index in [1.54, 1.807) is 18.9 Å². The number of carbonyl (C=O) groups is 2. The van der Waals surface area contributed by atoms with Crippen molar-refractivity contribution in [3.8, 4) is 11.5 Å². The maximum atomic E-state index is 13.2. The molecule has 152 valence electrons. The second-order valence-electron chi connectivity index (χ2n) is 7.53. The summed E-state index contributed by atoms with van der Waals surface area (Å²) in [6, 6.07) is 11.4. The van der Waals surface area contributed by atoms with Gasteiger partial charge in [0.25, 0.3) is 5.91 Å². The van der Waals surface area contributed by atoms with Gasteiger partial charge in [-0.05, 0) is 56.0 Å². The van der Waals surface area contributed by atoms with Gasteiger partial charge in [-0.3, -0.25) is 9.59 Å². The number of methoxy groups -OCH3 is 1. The number of ether oxygens (including phenoxy) is 2. The van der Waals surface area contributed by atoms with Gasteiger partial charge in [0.1, 0.15) is 11.5 Å². The first-order valence-corrected chi connectivity index (χ1v) is 10.0. The molecule has 1 unspecified atom stereocenters. The Balaban J connectivity index is 1.56. The molecular formula is C23H26N2O4. The Bertz CT molecular complexity index is 956. The van der Waals surface area contributed by atoms with Crippen LogP contribution in [0.15, 0.2) is 36.4 Å². The van der Waals surface area contributed by atoms with E-state index in [2.05, 4.69) is 6.92 Å². The minimum atomic E-state index is -0.557. The van der Waals surface area contributed by atoms with Crippen LogP contribution in [0.3, 0.4) is 0 Å². The van der Waals surface area contributed by atoms with Gasteiger partial charge in [-0.2, -0.15) is 0 Å². The van der Waals surface area contributed by atoms with Gasteiger partial charge in [-0.1, -0.05) is 18.2 Å². The van der Waals surface area contributed by atoms with E-state index in [4.69, 9.17) is 9.47 Å². The van der Waals surface area contributed by atoms with E-state index >= 15 is 0 Å². The predicted octanol–water partition coefficient (Wildman–Crippen LogP) is 3.49. The Morgan fingerprint density at radius 3 is 2.83 bits per heavy atom. The summed E-state index contributed by atoms with van der Waals surface area (Å²) in [6.07, 6.45) is 1.54. The zero-order valence-electron chi connectivity index (χ0n) is 17.1. The standard InChI is InChI=1S/C23H26N2O4/c1-15-10-11-20(28-3)22-17(15)7-6-13-25(22)21(26)12-14-24-18-8-4-5-9-19(18)29-16(2)23(24)27/h4-5,8-11,16H,6-7,12-14H2,1-3H3. The lowest BCUT2D eigenvalue weighted by molar-refractivity contribution is -0.125. The molecule has 0 aromatic heterocycles. The molecule has 0 N–H and O–H groups in total. The van der Waals surface area contributed by atoms with Gasteiger partial charge in [-0.25, -0.2) is 0 Å². The minimum absolute atomic E-state index is 0.000670. The molecule has 0 saturated carbocycles. The summed E-state index contributed by atoms with van der Waals surface area (Å²) in [5, 5.41) is 0. The van der Waals surface area contributed by atoms with Crippen LogP contribution in [-0.4, -0.2) is 38.1 Å². The fourth-order valence-corrected chi connectivity index (χ4v) is 4.20. The summed E-state index contributed by atoms with van der Waals surface area (Å²) < 4.78 is 11.2. The van der Waals surface area contributed by atoms with E-state index in [0.717, 1.165) is 30.0 Å². The number of amides is 2. The summed E-state index contributed by atoms with van der Waals surface area (Å²) in [5.74, 6) is 1.27. The van der Waals surface area contributed by atoms with E-state index in [9.17, 15) is 9.59 Å². The highest BCUT2D eigenvalue weighted by Crippen LogP contribution is 2.39. The maximum absolute atomic E-state index is 13.2. The first-order chi connectivity index (χ1) is 14.0. The molecule has 0 fully saturated rings. The molecule has 2 aromatic carbocycles. The van der Waals surface area contributed by atoms with Crippen molar-refractivity contribution in [2.24, 2.45) is 0 Å². The summed E-state index contributed by atoms with van der Waals surface area (Å²) in [6.45, 7) is 4.79. The third-order valence-corrected chi connectivity index (χ3v) is 5.70. The number of hydrogen-bond acceptors (Lipinski definition) is 4. The lowest BCUT2D eigenvalue weighted by Crippen LogP contribution is -2.46. The summed E-state index contributed by atoms with van der Waals surface area (Å²) in [7, 11) is 1.63. The number of benzene rings is 2. The van der Waals surface area contributed by atoms with Crippen molar-refractivity contribution in [1.82, 2.24) is 0 Å². The van der Waals surface area contributed by atoms with Crippen LogP contribution in [0, 0.1) is 6.92 Å². The van der Waals surface area contributed by atoms with Gasteiger partial charge in [0.2, 0.25) is 5.91 Å². The molecule has 0 radical (unpaired) electrons. The lowest BCUT2D eigenvalue weighted by atomic mass is 9.96. The molecule has 0 bridgehead atoms. The van der Waals surface area contributed by atoms with E-state index in [-0.39, 0.29) is 18.2 Å². The van der Waals surface area contributed by atoms with E-state index < -0.39 is 6.10 Å². The summed E-state index contributed by atoms with van der Waals surface area (Å²) >= 11 is 0. The zero-order chi connectivity index (χ0) is 20.5. The molecule has 0 aliphatic carbocycles. The zero-order valence-corrected chi connectivity index (χ0v) is 17.1. The second-order valence-corrected chi connectivity index (χ2v) is 7.53. The van der Waals surface area contributed by atoms with Crippen LogP contribution in [0.25, 0.3) is 0 Å². The highest BCUT2D eigenvalue weighted by atomic mass is 16.5. The van der Waals surface area contributed by atoms with E-state index in [1.807, 2.05) is 41.3 Å². The quantitative estimate of drug-likeness (QED) is 0.797. The summed E-state index contributed by atoms with van der Waals surface area (Å²) in [4.78, 5) is 29.4. The number of nitrogens with zero attached hydrogens (tertiary/aromatic N) is 2. The molecule has 2 aliphatic rings. The number of rotatable bonds is 4. The van der Waals surface area contributed by atoms with Crippen molar-refractivity contribution in [3.05, 3.63) is 47.5 Å². The first kappa shape index (κ1) is 19.3. The molecular weight excluding hydrogens is 368 g/mol. The smallest absolute Gasteiger partial charge is 0.267 e. The van der Waals surface area contributed by atoms with Crippen molar-refractivity contribution in [2.45, 2.75) is 39.2 Å². The number of aryl methyl sites for hydroxylation is 1. The van der Waals surface area contributed by atoms with Crippen LogP contribution < -0.4 is 19.3 Å². The van der Waals surface area contributed by atoms with Gasteiger partial charge in [0.15, 0.2) is 6.10 Å². The van der Waals surface area contributed by atoms with Gasteiger partial charge >= 0.3 is 0 Å². The van der Waals surface area contributed by atoms with Crippen molar-refractivity contribution in [3.63, 3.8) is 0 Å². The van der Waals surface area contributed by atoms with Crippen molar-refractivity contribution in [2.75, 3.05) is 30.0 Å². The van der Waals surface area contributed by atoms with Gasteiger partial charge in [0.05, 0.1) is 18.5 Å². The van der Waals surface area contributed by atoms with Crippen LogP contribution >= 0.6 is 0 Å². The Morgan fingerprint density at radius 2 is 2.03 bits per heavy atom. The highest BCUT2D eigenvalue weighted by Gasteiger charge is 2.33. The molecule has 2 aliphatic heterocycles. The van der Waals surface area contributed by atoms with E-state index in [1.165, 1.54) is 11.1 Å². The van der Waals surface area contributed by atoms with Gasteiger partial charge in [0, 0.05) is 19.5 Å². The third kappa shape index (κ3) is 3.43. The molecule has 6 heteroatoms. The topological polar surface area (TPSA) is 59.1 Å². The number of fused-ring (bicyclic) bond motifs is 2. The van der Waals surface area contributed by atoms with Crippen molar-refractivity contribution >= 4 is 23.2 Å². The molecule has 2 heterocycles.